The Morgan fingerprint density at radius 1 is 1.41 bits per heavy atom. The van der Waals surface area contributed by atoms with Crippen molar-refractivity contribution in [3.8, 4) is 6.07 Å². The average molecular weight is 462 g/mol. The number of thiophene rings is 1. The van der Waals surface area contributed by atoms with Crippen LogP contribution in [0, 0.1) is 18.3 Å². The normalized spacial score (nSPS) is 16.6. The van der Waals surface area contributed by atoms with Crippen LogP contribution in [0.3, 0.4) is 0 Å². The van der Waals surface area contributed by atoms with E-state index >= 15 is 0 Å². The third kappa shape index (κ3) is 4.80. The highest BCUT2D eigenvalue weighted by Crippen LogP contribution is 2.39. The number of allylic oxidation sites excluding steroid dienone is 1. The van der Waals surface area contributed by atoms with Crippen LogP contribution in [0.15, 0.2) is 50.8 Å². The van der Waals surface area contributed by atoms with Gasteiger partial charge in [0.25, 0.3) is 0 Å². The Kier molecular flexibility index (Phi) is 6.37. The van der Waals surface area contributed by atoms with Crippen LogP contribution in [0.4, 0.5) is 5.69 Å². The number of rotatable bonds is 5. The molecule has 0 fully saturated rings. The predicted octanol–water partition coefficient (Wildman–Crippen LogP) is 4.53. The van der Waals surface area contributed by atoms with E-state index in [0.29, 0.717) is 16.3 Å². The fourth-order valence-electron chi connectivity index (χ4n) is 2.77. The lowest BCUT2D eigenvalue weighted by atomic mass is 9.91. The van der Waals surface area contributed by atoms with Gasteiger partial charge < -0.3 is 10.6 Å². The molecule has 2 amide bonds. The van der Waals surface area contributed by atoms with Crippen LogP contribution in [0.1, 0.15) is 22.8 Å². The van der Waals surface area contributed by atoms with Crippen LogP contribution in [0.2, 0.25) is 0 Å². The minimum Gasteiger partial charge on any atom is -0.325 e. The number of aryl methyl sites for hydroxylation is 1. The van der Waals surface area contributed by atoms with E-state index in [2.05, 4.69) is 32.6 Å². The molecule has 0 unspecified atom stereocenters. The van der Waals surface area contributed by atoms with E-state index in [1.165, 1.54) is 11.8 Å². The molecule has 2 aromatic rings. The average Bonchev–Trinajstić information content (AvgIpc) is 3.07. The first-order valence-electron chi connectivity index (χ1n) is 8.14. The van der Waals surface area contributed by atoms with Crippen LogP contribution in [0.25, 0.3) is 0 Å². The van der Waals surface area contributed by atoms with Crippen LogP contribution < -0.4 is 10.6 Å². The summed E-state index contributed by atoms with van der Waals surface area (Å²) >= 11 is 6.08. The largest absolute Gasteiger partial charge is 0.325 e. The van der Waals surface area contributed by atoms with Gasteiger partial charge in [-0.15, -0.1) is 11.3 Å². The molecule has 1 aromatic carbocycles. The summed E-state index contributed by atoms with van der Waals surface area (Å²) < 4.78 is 0.929. The lowest BCUT2D eigenvalue weighted by Gasteiger charge is -2.24. The topological polar surface area (TPSA) is 82.0 Å². The van der Waals surface area contributed by atoms with Gasteiger partial charge in [-0.2, -0.15) is 5.26 Å². The van der Waals surface area contributed by atoms with Gasteiger partial charge in [0.05, 0.1) is 22.4 Å². The van der Waals surface area contributed by atoms with Gasteiger partial charge in [0, 0.05) is 27.4 Å². The number of amides is 2. The Bertz CT molecular complexity index is 945. The monoisotopic (exact) mass is 461 g/mol. The molecule has 2 N–H and O–H groups in total. The molecule has 0 radical (unpaired) electrons. The van der Waals surface area contributed by atoms with Crippen molar-refractivity contribution in [3.63, 3.8) is 0 Å². The second-order valence-electron chi connectivity index (χ2n) is 5.97. The maximum Gasteiger partial charge on any atom is 0.234 e. The van der Waals surface area contributed by atoms with Gasteiger partial charge in [-0.3, -0.25) is 9.59 Å². The number of nitriles is 1. The second-order valence-corrected chi connectivity index (χ2v) is 8.82. The van der Waals surface area contributed by atoms with Crippen molar-refractivity contribution in [3.05, 3.63) is 61.2 Å². The molecule has 0 saturated carbocycles. The van der Waals surface area contributed by atoms with Crippen LogP contribution in [-0.4, -0.2) is 17.6 Å². The first-order valence-corrected chi connectivity index (χ1v) is 10.8. The zero-order chi connectivity index (χ0) is 19.4. The van der Waals surface area contributed by atoms with Gasteiger partial charge in [-0.1, -0.05) is 27.7 Å². The Morgan fingerprint density at radius 3 is 2.78 bits per heavy atom. The lowest BCUT2D eigenvalue weighted by molar-refractivity contribution is -0.121. The molecular formula is C19H16BrN3O2S2. The highest BCUT2D eigenvalue weighted by Gasteiger charge is 2.31. The smallest absolute Gasteiger partial charge is 0.234 e. The van der Waals surface area contributed by atoms with E-state index in [0.717, 1.165) is 14.9 Å². The number of hydrogen-bond donors (Lipinski definition) is 2. The molecule has 0 saturated heterocycles. The molecule has 138 valence electrons. The molecule has 0 aliphatic carbocycles. The van der Waals surface area contributed by atoms with Crippen molar-refractivity contribution in [2.24, 2.45) is 0 Å². The summed E-state index contributed by atoms with van der Waals surface area (Å²) in [7, 11) is 0. The van der Waals surface area contributed by atoms with Crippen molar-refractivity contribution >= 4 is 56.5 Å². The zero-order valence-electron chi connectivity index (χ0n) is 14.4. The molecule has 0 spiro atoms. The highest BCUT2D eigenvalue weighted by atomic mass is 79.9. The molecule has 1 aliphatic heterocycles. The Morgan fingerprint density at radius 2 is 2.15 bits per heavy atom. The van der Waals surface area contributed by atoms with Crippen molar-refractivity contribution in [2.45, 2.75) is 19.3 Å². The number of benzene rings is 1. The minimum absolute atomic E-state index is 0.104. The van der Waals surface area contributed by atoms with Gasteiger partial charge in [0.1, 0.15) is 0 Å². The highest BCUT2D eigenvalue weighted by molar-refractivity contribution is 9.10. The number of carbonyl (C=O) groups is 2. The Labute approximate surface area is 174 Å². The van der Waals surface area contributed by atoms with Crippen molar-refractivity contribution in [2.75, 3.05) is 11.1 Å². The molecule has 1 aromatic heterocycles. The van der Waals surface area contributed by atoms with Gasteiger partial charge in [-0.25, -0.2) is 0 Å². The first-order chi connectivity index (χ1) is 13.0. The summed E-state index contributed by atoms with van der Waals surface area (Å²) in [4.78, 5) is 25.4. The summed E-state index contributed by atoms with van der Waals surface area (Å²) in [5.74, 6) is -0.480. The summed E-state index contributed by atoms with van der Waals surface area (Å²) in [6, 6.07) is 11.5. The number of nitrogens with one attached hydrogen (secondary N) is 2. The third-order valence-corrected chi connectivity index (χ3v) is 6.73. The second kappa shape index (κ2) is 8.74. The van der Waals surface area contributed by atoms with Crippen molar-refractivity contribution < 1.29 is 9.59 Å². The standard InChI is InChI=1S/C19H16BrN3O2S2/c1-11-6-7-26-18(11)14-8-16(24)23-19(15(14)9-21)27-10-17(25)22-13-4-2-12(20)3-5-13/h2-7,14H,8,10H2,1H3,(H,22,25)(H,23,24)/t14-/m0/s1. The van der Waals surface area contributed by atoms with Crippen molar-refractivity contribution in [1.29, 1.82) is 5.26 Å². The van der Waals surface area contributed by atoms with Gasteiger partial charge in [0.2, 0.25) is 11.8 Å². The Balaban J connectivity index is 1.73. The summed E-state index contributed by atoms with van der Waals surface area (Å²) in [6.07, 6.45) is 0.249. The van der Waals surface area contributed by atoms with E-state index < -0.39 is 0 Å². The fraction of sp³-hybridized carbons (Fsp3) is 0.211. The zero-order valence-corrected chi connectivity index (χ0v) is 17.6. The van der Waals surface area contributed by atoms with Gasteiger partial charge >= 0.3 is 0 Å². The number of halogens is 1. The SMILES string of the molecule is Cc1ccsc1[C@H]1CC(=O)NC(SCC(=O)Nc2ccc(Br)cc2)=C1C#N. The fourth-order valence-corrected chi connectivity index (χ4v) is 4.95. The van der Waals surface area contributed by atoms with Crippen LogP contribution >= 0.6 is 39.0 Å². The first kappa shape index (κ1) is 19.7. The van der Waals surface area contributed by atoms with Gasteiger partial charge in [0.15, 0.2) is 0 Å². The molecule has 3 rings (SSSR count). The number of anilines is 1. The molecule has 27 heavy (non-hydrogen) atoms. The van der Waals surface area contributed by atoms with Gasteiger partial charge in [-0.05, 0) is 48.2 Å². The molecule has 1 atom stereocenters. The lowest BCUT2D eigenvalue weighted by Crippen LogP contribution is -2.31. The number of thioether (sulfide) groups is 1. The molecule has 0 bridgehead atoms. The van der Waals surface area contributed by atoms with E-state index in [4.69, 9.17) is 0 Å². The molecular weight excluding hydrogens is 446 g/mol. The number of hydrogen-bond acceptors (Lipinski definition) is 5. The van der Waals surface area contributed by atoms with E-state index in [-0.39, 0.29) is 29.9 Å². The summed E-state index contributed by atoms with van der Waals surface area (Å²) in [5, 5.41) is 17.7. The maximum atomic E-state index is 12.2. The molecule has 5 nitrogen and oxygen atoms in total. The van der Waals surface area contributed by atoms with E-state index in [1.807, 2.05) is 30.5 Å². The number of nitrogens with zero attached hydrogens (tertiary/aromatic N) is 1. The summed E-state index contributed by atoms with van der Waals surface area (Å²) in [6.45, 7) is 1.98. The molecule has 8 heteroatoms. The predicted molar refractivity (Wildman–Crippen MR) is 112 cm³/mol. The third-order valence-electron chi connectivity index (χ3n) is 4.05. The van der Waals surface area contributed by atoms with Crippen LogP contribution in [-0.2, 0) is 9.59 Å². The maximum absolute atomic E-state index is 12.2. The van der Waals surface area contributed by atoms with Crippen LogP contribution in [0.5, 0.6) is 0 Å². The van der Waals surface area contributed by atoms with E-state index in [1.54, 1.807) is 23.5 Å². The Hall–Kier alpha value is -2.08. The molecule has 1 aliphatic rings. The van der Waals surface area contributed by atoms with Crippen molar-refractivity contribution in [1.82, 2.24) is 5.32 Å². The molecule has 2 heterocycles. The van der Waals surface area contributed by atoms with E-state index in [9.17, 15) is 14.9 Å². The minimum atomic E-state index is -0.249. The quantitative estimate of drug-likeness (QED) is 0.684. The summed E-state index contributed by atoms with van der Waals surface area (Å²) in [5.41, 5.74) is 2.28. The number of carbonyl (C=O) groups excluding carboxylic acids is 2.